The Hall–Kier alpha value is -3.53. The third kappa shape index (κ3) is 3.61. The highest BCUT2D eigenvalue weighted by atomic mass is 16.2. The van der Waals surface area contributed by atoms with Crippen LogP contribution in [0.5, 0.6) is 0 Å². The zero-order valence-corrected chi connectivity index (χ0v) is 16.8. The largest absolute Gasteiger partial charge is 0.300 e. The van der Waals surface area contributed by atoms with Crippen LogP contribution in [0.25, 0.3) is 11.1 Å². The van der Waals surface area contributed by atoms with Gasteiger partial charge < -0.3 is 0 Å². The van der Waals surface area contributed by atoms with Crippen molar-refractivity contribution in [1.82, 2.24) is 19.7 Å². The molecule has 1 aliphatic heterocycles. The number of aromatic nitrogens is 4. The number of likely N-dealkylation sites (N-methyl/N-ethyl adjacent to an activating group) is 1. The average molecular weight is 386 g/mol. The summed E-state index contributed by atoms with van der Waals surface area (Å²) in [4.78, 5) is 22.6. The summed E-state index contributed by atoms with van der Waals surface area (Å²) >= 11 is 0. The van der Waals surface area contributed by atoms with Crippen LogP contribution in [0.2, 0.25) is 0 Å². The molecule has 0 radical (unpaired) electrons. The van der Waals surface area contributed by atoms with Crippen molar-refractivity contribution in [2.75, 3.05) is 11.9 Å². The first-order valence-electron chi connectivity index (χ1n) is 9.48. The number of fused-ring (bicyclic) bond motifs is 1. The van der Waals surface area contributed by atoms with Crippen LogP contribution in [-0.2, 0) is 24.2 Å². The summed E-state index contributed by atoms with van der Waals surface area (Å²) in [6.45, 7) is 5.27. The van der Waals surface area contributed by atoms with E-state index in [1.54, 1.807) is 19.4 Å². The third-order valence-corrected chi connectivity index (χ3v) is 5.30. The molecule has 0 aromatic carbocycles. The maximum Gasteiger partial charge on any atom is 0.232 e. The van der Waals surface area contributed by atoms with E-state index in [1.165, 1.54) is 11.1 Å². The highest BCUT2D eigenvalue weighted by Gasteiger charge is 2.32. The molecule has 0 bridgehead atoms. The molecule has 0 saturated carbocycles. The van der Waals surface area contributed by atoms with Gasteiger partial charge in [0.05, 0.1) is 18.2 Å². The Kier molecular flexibility index (Phi) is 4.63. The Balaban J connectivity index is 1.67. The van der Waals surface area contributed by atoms with Crippen LogP contribution in [0.15, 0.2) is 43.0 Å². The van der Waals surface area contributed by atoms with Crippen LogP contribution in [0.1, 0.15) is 30.7 Å². The fraction of sp³-hybridized carbons (Fsp3) is 0.318. The maximum atomic E-state index is 12.7. The molecule has 0 fully saturated rings. The van der Waals surface area contributed by atoms with Crippen molar-refractivity contribution < 1.29 is 4.79 Å². The molecule has 3 aromatic heterocycles. The monoisotopic (exact) mass is 386 g/mol. The molecular weight excluding hydrogens is 364 g/mol. The van der Waals surface area contributed by atoms with Gasteiger partial charge in [-0.25, -0.2) is 4.98 Å². The Labute approximate surface area is 169 Å². The van der Waals surface area contributed by atoms with E-state index in [0.717, 1.165) is 35.3 Å². The number of anilines is 1. The van der Waals surface area contributed by atoms with Crippen LogP contribution < -0.4 is 4.90 Å². The Morgan fingerprint density at radius 1 is 1.28 bits per heavy atom. The van der Waals surface area contributed by atoms with Gasteiger partial charge in [-0.15, -0.1) is 0 Å². The van der Waals surface area contributed by atoms with Crippen molar-refractivity contribution in [3.05, 3.63) is 59.8 Å². The second-order valence-corrected chi connectivity index (χ2v) is 8.19. The lowest BCUT2D eigenvalue weighted by Gasteiger charge is -2.18. The lowest BCUT2D eigenvalue weighted by molar-refractivity contribution is -0.117. The number of hydrogen-bond donors (Lipinski definition) is 0. The lowest BCUT2D eigenvalue weighted by Crippen LogP contribution is -2.28. The first-order chi connectivity index (χ1) is 13.9. The van der Waals surface area contributed by atoms with Crippen LogP contribution in [0.4, 0.5) is 5.82 Å². The predicted octanol–water partition coefficient (Wildman–Crippen LogP) is 3.00. The van der Waals surface area contributed by atoms with E-state index in [1.807, 2.05) is 29.1 Å². The summed E-state index contributed by atoms with van der Waals surface area (Å²) in [6, 6.07) is 7.67. The quantitative estimate of drug-likeness (QED) is 0.688. The summed E-state index contributed by atoms with van der Waals surface area (Å²) in [5, 5.41) is 14.1. The van der Waals surface area contributed by atoms with E-state index >= 15 is 0 Å². The molecule has 7 nitrogen and oxygen atoms in total. The number of hydrogen-bond acceptors (Lipinski definition) is 5. The lowest BCUT2D eigenvalue weighted by atomic mass is 9.89. The SMILES string of the molecule is CN(C(=O)Cc1ccncc1)c1cc(-c2cnn3c2CC(C)(C)C3)c(C#N)cn1. The van der Waals surface area contributed by atoms with Crippen LogP contribution in [0, 0.1) is 16.7 Å². The molecule has 0 saturated heterocycles. The minimum Gasteiger partial charge on any atom is -0.300 e. The normalized spacial score (nSPS) is 14.3. The molecule has 146 valence electrons. The first-order valence-corrected chi connectivity index (χ1v) is 9.48. The molecule has 0 spiro atoms. The van der Waals surface area contributed by atoms with Crippen molar-refractivity contribution in [3.63, 3.8) is 0 Å². The molecule has 0 N–H and O–H groups in total. The Bertz CT molecular complexity index is 1110. The number of carbonyl (C=O) groups excluding carboxylic acids is 1. The first kappa shape index (κ1) is 18.8. The van der Waals surface area contributed by atoms with Gasteiger partial charge in [-0.3, -0.25) is 19.4 Å². The van der Waals surface area contributed by atoms with Crippen molar-refractivity contribution in [3.8, 4) is 17.2 Å². The standard InChI is InChI=1S/C22H22N6O/c1-22(2)10-19-18(13-26-28(19)14-22)17-9-20(25-12-16(17)11-23)27(3)21(29)8-15-4-6-24-7-5-15/h4-7,9,12-13H,8,10,14H2,1-3H3. The molecule has 1 amide bonds. The summed E-state index contributed by atoms with van der Waals surface area (Å²) in [7, 11) is 1.70. The van der Waals surface area contributed by atoms with Crippen LogP contribution >= 0.6 is 0 Å². The van der Waals surface area contributed by atoms with E-state index in [2.05, 4.69) is 35.0 Å². The van der Waals surface area contributed by atoms with E-state index in [0.29, 0.717) is 11.4 Å². The van der Waals surface area contributed by atoms with Crippen LogP contribution in [-0.4, -0.2) is 32.7 Å². The molecule has 7 heteroatoms. The van der Waals surface area contributed by atoms with Gasteiger partial charge in [-0.1, -0.05) is 13.8 Å². The molecule has 29 heavy (non-hydrogen) atoms. The second-order valence-electron chi connectivity index (χ2n) is 8.19. The van der Waals surface area contributed by atoms with Crippen molar-refractivity contribution in [2.24, 2.45) is 5.41 Å². The average Bonchev–Trinajstić information content (AvgIpc) is 3.22. The molecule has 3 aromatic rings. The molecule has 4 heterocycles. The fourth-order valence-electron chi connectivity index (χ4n) is 3.73. The fourth-order valence-corrected chi connectivity index (χ4v) is 3.73. The molecule has 0 aliphatic carbocycles. The van der Waals surface area contributed by atoms with Gasteiger partial charge in [0, 0.05) is 49.0 Å². The minimum absolute atomic E-state index is 0.0827. The van der Waals surface area contributed by atoms with E-state index < -0.39 is 0 Å². The third-order valence-electron chi connectivity index (χ3n) is 5.30. The maximum absolute atomic E-state index is 12.7. The molecular formula is C22H22N6O. The second kappa shape index (κ2) is 7.13. The number of nitriles is 1. The predicted molar refractivity (Wildman–Crippen MR) is 109 cm³/mol. The van der Waals surface area contributed by atoms with Gasteiger partial charge in [0.25, 0.3) is 0 Å². The number of carbonyl (C=O) groups is 1. The Morgan fingerprint density at radius 2 is 2.03 bits per heavy atom. The number of rotatable bonds is 4. The minimum atomic E-state index is -0.0827. The van der Waals surface area contributed by atoms with Gasteiger partial charge in [-0.2, -0.15) is 10.4 Å². The number of pyridine rings is 2. The number of nitrogens with zero attached hydrogens (tertiary/aromatic N) is 6. The molecule has 0 atom stereocenters. The van der Waals surface area contributed by atoms with Crippen molar-refractivity contribution in [1.29, 1.82) is 5.26 Å². The van der Waals surface area contributed by atoms with Crippen molar-refractivity contribution in [2.45, 2.75) is 33.2 Å². The van der Waals surface area contributed by atoms with E-state index in [4.69, 9.17) is 0 Å². The van der Waals surface area contributed by atoms with Gasteiger partial charge in [0.1, 0.15) is 11.9 Å². The zero-order chi connectivity index (χ0) is 20.6. The zero-order valence-electron chi connectivity index (χ0n) is 16.8. The van der Waals surface area contributed by atoms with Crippen LogP contribution in [0.3, 0.4) is 0 Å². The molecule has 1 aliphatic rings. The molecule has 4 rings (SSSR count). The highest BCUT2D eigenvalue weighted by Crippen LogP contribution is 2.38. The van der Waals surface area contributed by atoms with Crippen molar-refractivity contribution >= 4 is 11.7 Å². The van der Waals surface area contributed by atoms with Gasteiger partial charge in [0.15, 0.2) is 0 Å². The van der Waals surface area contributed by atoms with Gasteiger partial charge in [0.2, 0.25) is 5.91 Å². The smallest absolute Gasteiger partial charge is 0.232 e. The van der Waals surface area contributed by atoms with Gasteiger partial charge in [-0.05, 0) is 35.6 Å². The Morgan fingerprint density at radius 3 is 2.76 bits per heavy atom. The van der Waals surface area contributed by atoms with E-state index in [-0.39, 0.29) is 17.7 Å². The number of amides is 1. The highest BCUT2D eigenvalue weighted by molar-refractivity contribution is 5.94. The molecule has 0 unspecified atom stereocenters. The summed E-state index contributed by atoms with van der Waals surface area (Å²) in [5.41, 5.74) is 4.32. The summed E-state index contributed by atoms with van der Waals surface area (Å²) in [5.74, 6) is 0.427. The van der Waals surface area contributed by atoms with Gasteiger partial charge >= 0.3 is 0 Å². The summed E-state index contributed by atoms with van der Waals surface area (Å²) in [6.07, 6.45) is 7.83. The van der Waals surface area contributed by atoms with E-state index in [9.17, 15) is 10.1 Å². The topological polar surface area (TPSA) is 87.7 Å². The summed E-state index contributed by atoms with van der Waals surface area (Å²) < 4.78 is 2.01.